The maximum absolute atomic E-state index is 11.5. The van der Waals surface area contributed by atoms with Crippen molar-refractivity contribution >= 4 is 20.6 Å². The van der Waals surface area contributed by atoms with Crippen LogP contribution in [0, 0.1) is 23.2 Å². The third-order valence-corrected chi connectivity index (χ3v) is 8.75. The standard InChI is InChI=1S/C22H32N2O7S2/c1-13(12-30-32(23,25)26)18-6-7-19-16-5-4-14-10-21(31-33(24,27)28)20(29-3)11-17(14)15(16)8-9-22(18,19)2/h6,10-11,13,15-16,19H,4-5,7-9,12H2,1-3H3,(H2,23,25,26)(H2,24,27,28)/t13-,15?,16?,19?,22-/m1/s1. The molecule has 4 rings (SSSR count). The van der Waals surface area contributed by atoms with Gasteiger partial charge in [0.2, 0.25) is 0 Å². The maximum atomic E-state index is 11.5. The Morgan fingerprint density at radius 1 is 1.12 bits per heavy atom. The van der Waals surface area contributed by atoms with Crippen LogP contribution in [0.5, 0.6) is 11.5 Å². The number of fused-ring (bicyclic) bond motifs is 5. The van der Waals surface area contributed by atoms with Crippen LogP contribution in [-0.2, 0) is 31.2 Å². The van der Waals surface area contributed by atoms with Crippen molar-refractivity contribution in [2.75, 3.05) is 13.7 Å². The van der Waals surface area contributed by atoms with Gasteiger partial charge in [0.05, 0.1) is 13.7 Å². The van der Waals surface area contributed by atoms with Gasteiger partial charge in [0.15, 0.2) is 11.5 Å². The second-order valence-electron chi connectivity index (χ2n) is 9.72. The molecule has 3 unspecified atom stereocenters. The highest BCUT2D eigenvalue weighted by atomic mass is 32.2. The molecule has 4 N–H and O–H groups in total. The topological polar surface area (TPSA) is 148 Å². The first kappa shape index (κ1) is 24.5. The summed E-state index contributed by atoms with van der Waals surface area (Å²) in [6.45, 7) is 4.33. The second-order valence-corrected chi connectivity index (χ2v) is 12.1. The fourth-order valence-electron chi connectivity index (χ4n) is 6.58. The lowest BCUT2D eigenvalue weighted by Crippen LogP contribution is -2.42. The summed E-state index contributed by atoms with van der Waals surface area (Å²) in [5.41, 5.74) is 3.50. The van der Waals surface area contributed by atoms with Gasteiger partial charge in [0.25, 0.3) is 0 Å². The normalized spacial score (nSPS) is 30.0. The molecule has 0 saturated heterocycles. The summed E-state index contributed by atoms with van der Waals surface area (Å²) in [7, 11) is -6.64. The summed E-state index contributed by atoms with van der Waals surface area (Å²) in [4.78, 5) is 0. The maximum Gasteiger partial charge on any atom is 0.380 e. The molecule has 0 amide bonds. The van der Waals surface area contributed by atoms with E-state index in [9.17, 15) is 16.8 Å². The smallest absolute Gasteiger partial charge is 0.380 e. The van der Waals surface area contributed by atoms with Gasteiger partial charge in [0.1, 0.15) is 0 Å². The Kier molecular flexibility index (Phi) is 6.32. The van der Waals surface area contributed by atoms with Crippen molar-refractivity contribution in [3.63, 3.8) is 0 Å². The molecule has 0 aromatic heterocycles. The van der Waals surface area contributed by atoms with Crippen LogP contribution in [0.15, 0.2) is 23.8 Å². The van der Waals surface area contributed by atoms with Gasteiger partial charge >= 0.3 is 20.6 Å². The Bertz CT molecular complexity index is 1180. The molecular weight excluding hydrogens is 468 g/mol. The largest absolute Gasteiger partial charge is 0.493 e. The lowest BCUT2D eigenvalue weighted by molar-refractivity contribution is 0.0664. The van der Waals surface area contributed by atoms with Gasteiger partial charge in [-0.25, -0.2) is 5.14 Å². The second kappa shape index (κ2) is 8.53. The highest BCUT2D eigenvalue weighted by Crippen LogP contribution is 2.62. The molecule has 3 aliphatic rings. The Balaban J connectivity index is 1.58. The van der Waals surface area contributed by atoms with Crippen LogP contribution in [-0.4, -0.2) is 30.6 Å². The van der Waals surface area contributed by atoms with Crippen molar-refractivity contribution in [1.82, 2.24) is 0 Å². The van der Waals surface area contributed by atoms with E-state index in [0.717, 1.165) is 37.7 Å². The van der Waals surface area contributed by atoms with Crippen molar-refractivity contribution in [1.29, 1.82) is 0 Å². The Morgan fingerprint density at radius 3 is 2.48 bits per heavy atom. The van der Waals surface area contributed by atoms with Gasteiger partial charge in [-0.05, 0) is 78.5 Å². The van der Waals surface area contributed by atoms with E-state index in [1.54, 1.807) is 6.07 Å². The summed E-state index contributed by atoms with van der Waals surface area (Å²) in [5, 5.41) is 10.1. The van der Waals surface area contributed by atoms with Crippen LogP contribution in [0.4, 0.5) is 0 Å². The third-order valence-electron chi connectivity index (χ3n) is 7.87. The van der Waals surface area contributed by atoms with E-state index in [-0.39, 0.29) is 23.7 Å². The van der Waals surface area contributed by atoms with E-state index in [4.69, 9.17) is 23.4 Å². The number of aryl methyl sites for hydroxylation is 1. The minimum atomic E-state index is -4.15. The molecule has 1 aromatic rings. The van der Waals surface area contributed by atoms with Crippen molar-refractivity contribution in [3.05, 3.63) is 34.9 Å². The minimum absolute atomic E-state index is 0.0133. The summed E-state index contributed by atoms with van der Waals surface area (Å²) in [6.07, 6.45) is 6.97. The van der Waals surface area contributed by atoms with Crippen molar-refractivity contribution < 1.29 is 29.9 Å². The predicted octanol–water partition coefficient (Wildman–Crippen LogP) is 2.53. The fraction of sp³-hybridized carbons (Fsp3) is 0.636. The number of rotatable bonds is 7. The molecule has 0 heterocycles. The molecule has 1 fully saturated rings. The number of hydrogen-bond acceptors (Lipinski definition) is 7. The van der Waals surface area contributed by atoms with E-state index in [1.807, 2.05) is 13.0 Å². The van der Waals surface area contributed by atoms with Crippen molar-refractivity contribution in [3.8, 4) is 11.5 Å². The number of hydrogen-bond donors (Lipinski definition) is 2. The average molecular weight is 501 g/mol. The molecule has 0 radical (unpaired) electrons. The van der Waals surface area contributed by atoms with Crippen molar-refractivity contribution in [2.45, 2.75) is 51.9 Å². The lowest BCUT2D eigenvalue weighted by atomic mass is 9.53. The fourth-order valence-corrected chi connectivity index (χ4v) is 7.35. The van der Waals surface area contributed by atoms with Crippen LogP contribution in [0.25, 0.3) is 0 Å². The lowest BCUT2D eigenvalue weighted by Gasteiger charge is -2.51. The third kappa shape index (κ3) is 4.79. The molecule has 184 valence electrons. The number of nitrogens with two attached hydrogens (primary N) is 2. The summed E-state index contributed by atoms with van der Waals surface area (Å²) >= 11 is 0. The van der Waals surface area contributed by atoms with Gasteiger partial charge < -0.3 is 8.92 Å². The summed E-state index contributed by atoms with van der Waals surface area (Å²) in [6, 6.07) is 3.65. The highest BCUT2D eigenvalue weighted by Gasteiger charge is 2.52. The molecule has 11 heteroatoms. The van der Waals surface area contributed by atoms with Crippen molar-refractivity contribution in [2.24, 2.45) is 33.4 Å². The summed E-state index contributed by atoms with van der Waals surface area (Å²) in [5.74, 6) is 1.69. The molecule has 9 nitrogen and oxygen atoms in total. The van der Waals surface area contributed by atoms with Crippen LogP contribution in [0.2, 0.25) is 0 Å². The quantitative estimate of drug-likeness (QED) is 0.547. The van der Waals surface area contributed by atoms with E-state index in [0.29, 0.717) is 23.5 Å². The Morgan fingerprint density at radius 2 is 1.85 bits per heavy atom. The van der Waals surface area contributed by atoms with E-state index in [1.165, 1.54) is 18.2 Å². The highest BCUT2D eigenvalue weighted by molar-refractivity contribution is 7.84. The molecule has 33 heavy (non-hydrogen) atoms. The molecule has 3 aliphatic carbocycles. The van der Waals surface area contributed by atoms with Crippen LogP contribution < -0.4 is 19.2 Å². The first-order chi connectivity index (χ1) is 15.3. The molecule has 0 spiro atoms. The number of methoxy groups -OCH3 is 1. The molecular formula is C22H32N2O7S2. The minimum Gasteiger partial charge on any atom is -0.493 e. The molecule has 1 aromatic carbocycles. The SMILES string of the molecule is COc1cc2c(cc1OS(N)(=O)=O)CCC1C2CC[C@]2(C)C([C@H](C)COS(N)(=O)=O)=CCC12. The van der Waals surface area contributed by atoms with Gasteiger partial charge in [-0.15, -0.1) is 0 Å². The summed E-state index contributed by atoms with van der Waals surface area (Å²) < 4.78 is 60.7. The van der Waals surface area contributed by atoms with E-state index >= 15 is 0 Å². The van der Waals surface area contributed by atoms with E-state index < -0.39 is 20.6 Å². The van der Waals surface area contributed by atoms with Gasteiger partial charge in [-0.1, -0.05) is 25.5 Å². The van der Waals surface area contributed by atoms with Crippen LogP contribution in [0.3, 0.4) is 0 Å². The number of ether oxygens (including phenoxy) is 1. The molecule has 0 aliphatic heterocycles. The molecule has 0 bridgehead atoms. The zero-order chi connectivity index (χ0) is 24.2. The first-order valence-corrected chi connectivity index (χ1v) is 14.1. The number of benzene rings is 1. The van der Waals surface area contributed by atoms with E-state index in [2.05, 4.69) is 13.0 Å². The molecule has 1 saturated carbocycles. The van der Waals surface area contributed by atoms with Gasteiger partial charge in [0, 0.05) is 5.92 Å². The zero-order valence-electron chi connectivity index (χ0n) is 19.1. The van der Waals surface area contributed by atoms with Crippen LogP contribution >= 0.6 is 0 Å². The first-order valence-electron chi connectivity index (χ1n) is 11.1. The Hall–Kier alpha value is -1.66. The van der Waals surface area contributed by atoms with Crippen LogP contribution in [0.1, 0.15) is 56.6 Å². The predicted molar refractivity (Wildman–Crippen MR) is 123 cm³/mol. The van der Waals surface area contributed by atoms with Gasteiger partial charge in [-0.2, -0.15) is 22.0 Å². The zero-order valence-corrected chi connectivity index (χ0v) is 20.7. The average Bonchev–Trinajstić information content (AvgIpc) is 3.07. The Labute approximate surface area is 196 Å². The molecule has 5 atom stereocenters. The van der Waals surface area contributed by atoms with Gasteiger partial charge in [-0.3, -0.25) is 4.18 Å². The monoisotopic (exact) mass is 500 g/mol. The number of allylic oxidation sites excluding steroid dienone is 1.